The number of hydrogen-bond acceptors (Lipinski definition) is 12. The first-order valence-electron chi connectivity index (χ1n) is 17.1. The summed E-state index contributed by atoms with van der Waals surface area (Å²) in [5.41, 5.74) is 1.69. The third-order valence-corrected chi connectivity index (χ3v) is 13.0. The first kappa shape index (κ1) is 43.6. The number of nitrogens with zero attached hydrogens (tertiary/aromatic N) is 5. The van der Waals surface area contributed by atoms with E-state index in [4.69, 9.17) is 19.3 Å². The van der Waals surface area contributed by atoms with Gasteiger partial charge in [0, 0.05) is 29.7 Å². The topological polar surface area (TPSA) is 253 Å². The molecule has 0 aliphatic rings. The maximum atomic E-state index is 15.4. The van der Waals surface area contributed by atoms with Gasteiger partial charge in [0.2, 0.25) is 20.0 Å². The molecular weight excluding hydrogens is 911 g/mol. The smallest absolute Gasteiger partial charge is 0.404 e. The quantitative estimate of drug-likeness (QED) is 0.0743. The van der Waals surface area contributed by atoms with E-state index in [2.05, 4.69) is 25.6 Å². The second-order valence-corrected chi connectivity index (χ2v) is 17.2. The number of tetrazole rings is 1. The van der Waals surface area contributed by atoms with Gasteiger partial charge in [-0.25, -0.2) is 35.8 Å². The molecule has 0 aliphatic carbocycles. The zero-order chi connectivity index (χ0) is 42.0. The lowest BCUT2D eigenvalue weighted by atomic mass is 10.2. The molecule has 1 atom stereocenters. The Labute approximate surface area is 347 Å². The number of methoxy groups -OCH3 is 3. The Balaban J connectivity index is 1.70. The molecule has 0 radical (unpaired) electrons. The van der Waals surface area contributed by atoms with E-state index in [0.717, 1.165) is 10.4 Å². The summed E-state index contributed by atoms with van der Waals surface area (Å²) in [5.74, 6) is 1.60. The fourth-order valence-electron chi connectivity index (χ4n) is 5.68. The van der Waals surface area contributed by atoms with Crippen LogP contribution in [0.1, 0.15) is 16.7 Å². The first-order chi connectivity index (χ1) is 27.6. The second kappa shape index (κ2) is 19.3. The number of hydrogen-bond donors (Lipinski definition) is 5. The van der Waals surface area contributed by atoms with Gasteiger partial charge in [0.25, 0.3) is 0 Å². The molecule has 5 rings (SSSR count). The van der Waals surface area contributed by atoms with Gasteiger partial charge in [0.1, 0.15) is 27.0 Å². The highest BCUT2D eigenvalue weighted by molar-refractivity contribution is 14.1. The highest BCUT2D eigenvalue weighted by Crippen LogP contribution is 2.38. The van der Waals surface area contributed by atoms with Crippen LogP contribution in [0.25, 0.3) is 11.4 Å². The zero-order valence-corrected chi connectivity index (χ0v) is 35.0. The third kappa shape index (κ3) is 10.9. The summed E-state index contributed by atoms with van der Waals surface area (Å²) in [5, 5.41) is 34.7. The molecule has 308 valence electrons. The maximum absolute atomic E-state index is 15.4. The molecule has 58 heavy (non-hydrogen) atoms. The van der Waals surface area contributed by atoms with E-state index in [1.807, 2.05) is 27.9 Å². The van der Waals surface area contributed by atoms with Crippen LogP contribution < -0.4 is 29.6 Å². The summed E-state index contributed by atoms with van der Waals surface area (Å²) >= 11 is 1.89. The van der Waals surface area contributed by atoms with Crippen molar-refractivity contribution in [2.24, 2.45) is 0 Å². The molecule has 1 heterocycles. The Kier molecular flexibility index (Phi) is 14.5. The van der Waals surface area contributed by atoms with Crippen LogP contribution in [-0.4, -0.2) is 104 Å². The number of benzene rings is 4. The average Bonchev–Trinajstić information content (AvgIpc) is 3.66. The molecule has 0 saturated heterocycles. The molecule has 4 aromatic carbocycles. The van der Waals surface area contributed by atoms with Gasteiger partial charge in [-0.2, -0.15) is 4.31 Å². The Morgan fingerprint density at radius 2 is 1.28 bits per heavy atom. The molecule has 0 fully saturated rings. The van der Waals surface area contributed by atoms with Gasteiger partial charge in [-0.05, 0) is 98.2 Å². The van der Waals surface area contributed by atoms with Gasteiger partial charge in [0.05, 0.1) is 39.5 Å². The molecule has 0 saturated carbocycles. The molecule has 0 bridgehead atoms. The Morgan fingerprint density at radius 3 is 1.76 bits per heavy atom. The minimum atomic E-state index is -4.88. The number of halogens is 1. The molecule has 5 aromatic rings. The molecular formula is C36H39IN8O11S2. The monoisotopic (exact) mass is 950 g/mol. The number of carbonyl (C=O) groups is 2. The summed E-state index contributed by atoms with van der Waals surface area (Å²) in [6.45, 7) is -1.56. The minimum absolute atomic E-state index is 0.0532. The van der Waals surface area contributed by atoms with Crippen LogP contribution in [0, 0.1) is 3.57 Å². The summed E-state index contributed by atoms with van der Waals surface area (Å²) in [6, 6.07) is 21.6. The fourth-order valence-corrected chi connectivity index (χ4v) is 10.0. The number of aromatic nitrogens is 4. The van der Waals surface area contributed by atoms with Crippen molar-refractivity contribution in [1.29, 1.82) is 0 Å². The van der Waals surface area contributed by atoms with E-state index < -0.39 is 61.2 Å². The standard InChI is InChI=1S/C36H39IN8O11S2/c1-54-27-10-4-23(5-11-27)20-44(21-24-6-12-28(55-2)13-7-24)58(52,53)33-31(57(50,51)39-19-26(40-36(48)49)18-38-35(46)47)17-16-30(37)32(33)34-41-42-43-45(34)22-25-8-14-29(56-3)15-9-25/h4-17,26,38-40H,18-22H2,1-3H3,(H,46,47)(H,48,49). The maximum Gasteiger partial charge on any atom is 0.404 e. The van der Waals surface area contributed by atoms with Crippen molar-refractivity contribution in [3.8, 4) is 28.6 Å². The van der Waals surface area contributed by atoms with Crippen molar-refractivity contribution in [2.75, 3.05) is 34.4 Å². The van der Waals surface area contributed by atoms with E-state index in [1.165, 1.54) is 32.1 Å². The predicted octanol–water partition coefficient (Wildman–Crippen LogP) is 3.59. The number of carboxylic acid groups (broad SMARTS) is 2. The van der Waals surface area contributed by atoms with Crippen LogP contribution in [0.15, 0.2) is 94.7 Å². The SMILES string of the molecule is COc1ccc(CN(Cc2ccc(OC)cc2)S(=O)(=O)c2c(S(=O)(=O)NCC(CNC(=O)O)NC(=O)O)ccc(I)c2-c2nnnn2Cc2ccc(OC)cc2)cc1. The van der Waals surface area contributed by atoms with E-state index in [-0.39, 0.29) is 34.6 Å². The largest absolute Gasteiger partial charge is 0.497 e. The lowest BCUT2D eigenvalue weighted by Gasteiger charge is -2.26. The number of sulfonamides is 2. The number of nitrogens with one attached hydrogen (secondary N) is 3. The fraction of sp³-hybridized carbons (Fsp3) is 0.250. The van der Waals surface area contributed by atoms with Gasteiger partial charge in [-0.15, -0.1) is 5.10 Å². The highest BCUT2D eigenvalue weighted by Gasteiger charge is 2.38. The van der Waals surface area contributed by atoms with Crippen molar-refractivity contribution in [1.82, 2.24) is 39.9 Å². The summed E-state index contributed by atoms with van der Waals surface area (Å²) in [6.07, 6.45) is -3.02. The van der Waals surface area contributed by atoms with Gasteiger partial charge in [0.15, 0.2) is 5.82 Å². The molecule has 1 aromatic heterocycles. The molecule has 19 nitrogen and oxygen atoms in total. The summed E-state index contributed by atoms with van der Waals surface area (Å²) < 4.78 is 80.5. The van der Waals surface area contributed by atoms with Crippen molar-refractivity contribution in [3.05, 3.63) is 105 Å². The zero-order valence-electron chi connectivity index (χ0n) is 31.2. The number of amides is 2. The van der Waals surface area contributed by atoms with Gasteiger partial charge < -0.3 is 35.1 Å². The van der Waals surface area contributed by atoms with Crippen LogP contribution in [0.2, 0.25) is 0 Å². The molecule has 2 amide bonds. The van der Waals surface area contributed by atoms with Gasteiger partial charge in [-0.1, -0.05) is 36.4 Å². The normalized spacial score (nSPS) is 12.2. The first-order valence-corrected chi connectivity index (χ1v) is 21.1. The van der Waals surface area contributed by atoms with Gasteiger partial charge >= 0.3 is 12.2 Å². The Bertz CT molecular complexity index is 2390. The van der Waals surface area contributed by atoms with Crippen LogP contribution >= 0.6 is 22.6 Å². The Morgan fingerprint density at radius 1 is 0.759 bits per heavy atom. The van der Waals surface area contributed by atoms with Crippen molar-refractivity contribution >= 4 is 54.8 Å². The molecule has 5 N–H and O–H groups in total. The molecule has 0 aliphatic heterocycles. The second-order valence-electron chi connectivity index (χ2n) is 12.4. The van der Waals surface area contributed by atoms with Crippen LogP contribution in [0.3, 0.4) is 0 Å². The summed E-state index contributed by atoms with van der Waals surface area (Å²) in [4.78, 5) is 21.3. The predicted molar refractivity (Wildman–Crippen MR) is 217 cm³/mol. The van der Waals surface area contributed by atoms with Crippen molar-refractivity contribution < 1.29 is 50.8 Å². The molecule has 1 unspecified atom stereocenters. The average molecular weight is 951 g/mol. The minimum Gasteiger partial charge on any atom is -0.497 e. The Hall–Kier alpha value is -5.56. The van der Waals surface area contributed by atoms with E-state index in [0.29, 0.717) is 33.9 Å². The van der Waals surface area contributed by atoms with Crippen LogP contribution in [0.5, 0.6) is 17.2 Å². The third-order valence-electron chi connectivity index (χ3n) is 8.59. The van der Waals surface area contributed by atoms with Crippen LogP contribution in [-0.2, 0) is 39.7 Å². The van der Waals surface area contributed by atoms with E-state index >= 15 is 8.42 Å². The summed E-state index contributed by atoms with van der Waals surface area (Å²) in [7, 11) is -5.21. The number of ether oxygens (including phenoxy) is 3. The van der Waals surface area contributed by atoms with Crippen molar-refractivity contribution in [3.63, 3.8) is 0 Å². The van der Waals surface area contributed by atoms with E-state index in [9.17, 15) is 23.1 Å². The van der Waals surface area contributed by atoms with Gasteiger partial charge in [-0.3, -0.25) is 0 Å². The van der Waals surface area contributed by atoms with Crippen LogP contribution in [0.4, 0.5) is 9.59 Å². The van der Waals surface area contributed by atoms with Crippen molar-refractivity contribution in [2.45, 2.75) is 35.5 Å². The highest BCUT2D eigenvalue weighted by atomic mass is 127. The number of rotatable bonds is 19. The molecule has 22 heteroatoms. The lowest BCUT2D eigenvalue weighted by molar-refractivity contribution is 0.183. The lowest BCUT2D eigenvalue weighted by Crippen LogP contribution is -2.49. The van der Waals surface area contributed by atoms with E-state index in [1.54, 1.807) is 72.8 Å². The molecule has 0 spiro atoms.